The van der Waals surface area contributed by atoms with E-state index in [0.717, 1.165) is 0 Å². The van der Waals surface area contributed by atoms with Crippen molar-refractivity contribution in [3.05, 3.63) is 64.7 Å². The third kappa shape index (κ3) is 4.69. The Kier molecular flexibility index (Phi) is 6.98. The minimum Gasteiger partial charge on any atom is -0.484 e. The highest BCUT2D eigenvalue weighted by atomic mass is 127. The normalized spacial score (nSPS) is 25.2. The molecule has 0 spiro atoms. The van der Waals surface area contributed by atoms with Crippen LogP contribution in [-0.4, -0.2) is 60.8 Å². The number of alkyl halides is 1. The van der Waals surface area contributed by atoms with Crippen molar-refractivity contribution in [1.29, 1.82) is 0 Å². The highest BCUT2D eigenvalue weighted by molar-refractivity contribution is 14.1. The number of halogens is 1. The maximum absolute atomic E-state index is 13.1. The van der Waals surface area contributed by atoms with Crippen molar-refractivity contribution in [1.82, 2.24) is 10.2 Å². The molecule has 2 aromatic rings. The summed E-state index contributed by atoms with van der Waals surface area (Å²) in [6, 6.07) is 12.4. The number of amides is 2. The smallest absolute Gasteiger partial charge is 0.335 e. The van der Waals surface area contributed by atoms with Crippen LogP contribution in [0.1, 0.15) is 6.92 Å². The molecular formula is C22H20IN3O7S. The summed E-state index contributed by atoms with van der Waals surface area (Å²) in [4.78, 5) is 50.1. The summed E-state index contributed by atoms with van der Waals surface area (Å²) in [5.41, 5.74) is -0.124. The highest BCUT2D eigenvalue weighted by Crippen LogP contribution is 2.52. The number of rotatable bonds is 8. The van der Waals surface area contributed by atoms with Crippen LogP contribution in [-0.2, 0) is 14.4 Å². The van der Waals surface area contributed by atoms with E-state index in [1.54, 1.807) is 24.3 Å². The number of carbonyl (C=O) groups excluding carboxylic acids is 3. The highest BCUT2D eigenvalue weighted by Gasteiger charge is 2.65. The molecule has 2 fully saturated rings. The van der Waals surface area contributed by atoms with Gasteiger partial charge in [0, 0.05) is 16.6 Å². The summed E-state index contributed by atoms with van der Waals surface area (Å²) < 4.78 is 10.8. The van der Waals surface area contributed by atoms with Crippen molar-refractivity contribution in [2.24, 2.45) is 0 Å². The Labute approximate surface area is 212 Å². The van der Waals surface area contributed by atoms with Gasteiger partial charge in [-0.3, -0.25) is 19.7 Å². The van der Waals surface area contributed by atoms with Gasteiger partial charge < -0.3 is 19.7 Å². The summed E-state index contributed by atoms with van der Waals surface area (Å²) >= 11 is 3.59. The predicted octanol–water partition coefficient (Wildman–Crippen LogP) is 2.54. The van der Waals surface area contributed by atoms with Crippen LogP contribution in [0.2, 0.25) is 0 Å². The summed E-state index contributed by atoms with van der Waals surface area (Å²) in [6.45, 7) is 1.63. The van der Waals surface area contributed by atoms with E-state index in [0.29, 0.717) is 10.2 Å². The molecule has 12 heteroatoms. The largest absolute Gasteiger partial charge is 0.484 e. The Balaban J connectivity index is 1.41. The molecule has 2 aliphatic rings. The summed E-state index contributed by atoms with van der Waals surface area (Å²) in [6.07, 6.45) is 0. The number of hydrogen-bond acceptors (Lipinski definition) is 8. The van der Waals surface area contributed by atoms with Crippen molar-refractivity contribution in [2.45, 2.75) is 29.1 Å². The zero-order chi connectivity index (χ0) is 24.5. The van der Waals surface area contributed by atoms with Crippen LogP contribution in [0.25, 0.3) is 0 Å². The maximum atomic E-state index is 13.1. The van der Waals surface area contributed by atoms with E-state index >= 15 is 0 Å². The number of benzene rings is 2. The van der Waals surface area contributed by atoms with Crippen molar-refractivity contribution in [3.63, 3.8) is 0 Å². The van der Waals surface area contributed by atoms with Gasteiger partial charge in [0.05, 0.1) is 9.67 Å². The van der Waals surface area contributed by atoms with Gasteiger partial charge in [-0.1, -0.05) is 40.8 Å². The van der Waals surface area contributed by atoms with Crippen LogP contribution in [0.4, 0.5) is 5.69 Å². The van der Waals surface area contributed by atoms with E-state index in [-0.39, 0.29) is 24.0 Å². The second kappa shape index (κ2) is 9.78. The number of nitro groups is 1. The van der Waals surface area contributed by atoms with Gasteiger partial charge in [0.25, 0.3) is 11.6 Å². The fraction of sp³-hybridized carbons (Fsp3) is 0.318. The number of nitrogens with zero attached hydrogens (tertiary/aromatic N) is 2. The third-order valence-electron chi connectivity index (χ3n) is 5.51. The lowest BCUT2D eigenvalue weighted by molar-refractivity contribution is -0.384. The lowest BCUT2D eigenvalue weighted by Crippen LogP contribution is -2.71. The Morgan fingerprint density at radius 3 is 2.47 bits per heavy atom. The number of ether oxygens (including phenoxy) is 2. The van der Waals surface area contributed by atoms with Gasteiger partial charge in [-0.15, -0.1) is 11.8 Å². The quantitative estimate of drug-likeness (QED) is 0.0936. The topological polar surface area (TPSA) is 128 Å². The molecule has 10 nitrogen and oxygen atoms in total. The SMILES string of the molecule is CC1(CI)SC2C(NC(=O)COc3ccccc3)C(=O)N2C1C(=O)Oc1ccc([N+](=O)[O-])cc1. The van der Waals surface area contributed by atoms with E-state index < -0.39 is 39.0 Å². The minimum absolute atomic E-state index is 0.124. The molecule has 4 atom stereocenters. The summed E-state index contributed by atoms with van der Waals surface area (Å²) in [7, 11) is 0. The number of thioether (sulfide) groups is 1. The summed E-state index contributed by atoms with van der Waals surface area (Å²) in [5.74, 6) is -0.745. The third-order valence-corrected chi connectivity index (χ3v) is 9.26. The fourth-order valence-electron chi connectivity index (χ4n) is 3.81. The number of esters is 1. The fourth-order valence-corrected chi connectivity index (χ4v) is 6.38. The van der Waals surface area contributed by atoms with Crippen LogP contribution in [0.3, 0.4) is 0 Å². The molecule has 0 aliphatic carbocycles. The number of fused-ring (bicyclic) bond motifs is 1. The van der Waals surface area contributed by atoms with Gasteiger partial charge in [-0.05, 0) is 31.2 Å². The molecule has 4 rings (SSSR count). The Morgan fingerprint density at radius 2 is 1.85 bits per heavy atom. The first kappa shape index (κ1) is 24.3. The minimum atomic E-state index is -0.865. The average Bonchev–Trinajstić information content (AvgIpc) is 3.12. The molecule has 2 aliphatic heterocycles. The molecular weight excluding hydrogens is 577 g/mol. The van der Waals surface area contributed by atoms with Gasteiger partial charge in [0.2, 0.25) is 5.91 Å². The molecule has 4 unspecified atom stereocenters. The lowest BCUT2D eigenvalue weighted by atomic mass is 9.96. The number of carbonyl (C=O) groups is 3. The Morgan fingerprint density at radius 1 is 1.18 bits per heavy atom. The molecule has 0 aromatic heterocycles. The molecule has 0 bridgehead atoms. The number of β-lactam (4-membered cyclic amide) rings is 1. The van der Waals surface area contributed by atoms with Gasteiger partial charge in [-0.2, -0.15) is 0 Å². The van der Waals surface area contributed by atoms with E-state index in [1.165, 1.54) is 40.9 Å². The number of nitrogens with one attached hydrogen (secondary N) is 1. The van der Waals surface area contributed by atoms with E-state index in [1.807, 2.05) is 13.0 Å². The van der Waals surface area contributed by atoms with Crippen molar-refractivity contribution in [2.75, 3.05) is 11.0 Å². The first-order valence-corrected chi connectivity index (χ1v) is 12.6. The number of para-hydroxylation sites is 1. The van der Waals surface area contributed by atoms with Gasteiger partial charge in [0.1, 0.15) is 29.0 Å². The zero-order valence-corrected chi connectivity index (χ0v) is 20.9. The monoisotopic (exact) mass is 597 g/mol. The molecule has 2 heterocycles. The lowest BCUT2D eigenvalue weighted by Gasteiger charge is -2.43. The first-order valence-electron chi connectivity index (χ1n) is 10.2. The van der Waals surface area contributed by atoms with Crippen molar-refractivity contribution in [3.8, 4) is 11.5 Å². The van der Waals surface area contributed by atoms with Gasteiger partial charge in [0.15, 0.2) is 6.61 Å². The van der Waals surface area contributed by atoms with Gasteiger partial charge >= 0.3 is 5.97 Å². The van der Waals surface area contributed by atoms with Crippen molar-refractivity contribution >= 4 is 57.8 Å². The zero-order valence-electron chi connectivity index (χ0n) is 17.9. The van der Waals surface area contributed by atoms with Crippen molar-refractivity contribution < 1.29 is 28.8 Å². The Bertz CT molecular complexity index is 1120. The second-order valence-electron chi connectivity index (χ2n) is 7.92. The molecule has 2 amide bonds. The second-order valence-corrected chi connectivity index (χ2v) is 10.3. The van der Waals surface area contributed by atoms with Crippen LogP contribution in [0, 0.1) is 10.1 Å². The van der Waals surface area contributed by atoms with E-state index in [2.05, 4.69) is 27.9 Å². The standard InChI is InChI=1S/C22H20IN3O7S/c1-22(12-23)18(21(29)33-15-9-7-13(8-10-15)26(30)31)25-19(28)17(20(25)34-22)24-16(27)11-32-14-5-3-2-4-6-14/h2-10,17-18,20H,11-12H2,1H3,(H,24,27). The molecule has 1 N–H and O–H groups in total. The van der Waals surface area contributed by atoms with Crippen LogP contribution >= 0.6 is 34.4 Å². The molecule has 2 saturated heterocycles. The first-order chi connectivity index (χ1) is 16.2. The molecule has 0 saturated carbocycles. The molecule has 34 heavy (non-hydrogen) atoms. The predicted molar refractivity (Wildman–Crippen MR) is 132 cm³/mol. The van der Waals surface area contributed by atoms with E-state index in [4.69, 9.17) is 9.47 Å². The van der Waals surface area contributed by atoms with E-state index in [9.17, 15) is 24.5 Å². The number of nitro benzene ring substituents is 1. The summed E-state index contributed by atoms with van der Waals surface area (Å²) in [5, 5.41) is 13.1. The van der Waals surface area contributed by atoms with Crippen LogP contribution in [0.15, 0.2) is 54.6 Å². The maximum Gasteiger partial charge on any atom is 0.335 e. The molecule has 2 aromatic carbocycles. The average molecular weight is 597 g/mol. The van der Waals surface area contributed by atoms with Crippen LogP contribution in [0.5, 0.6) is 11.5 Å². The number of non-ortho nitro benzene ring substituents is 1. The number of hydrogen-bond donors (Lipinski definition) is 1. The van der Waals surface area contributed by atoms with Gasteiger partial charge in [-0.25, -0.2) is 4.79 Å². The Hall–Kier alpha value is -2.87. The molecule has 178 valence electrons. The van der Waals surface area contributed by atoms with Crippen LogP contribution < -0.4 is 14.8 Å². The molecule has 0 radical (unpaired) electrons.